The predicted octanol–water partition coefficient (Wildman–Crippen LogP) is 4.39. The molecule has 1 aliphatic heterocycles. The fourth-order valence-corrected chi connectivity index (χ4v) is 4.14. The molecule has 2 amide bonds. The Labute approximate surface area is 188 Å². The van der Waals surface area contributed by atoms with Crippen LogP contribution in [0.5, 0.6) is 0 Å². The maximum atomic E-state index is 13.5. The average Bonchev–Trinajstić information content (AvgIpc) is 2.82. The van der Waals surface area contributed by atoms with Gasteiger partial charge in [0.2, 0.25) is 11.8 Å². The van der Waals surface area contributed by atoms with Crippen LogP contribution >= 0.6 is 11.6 Å². The SMILES string of the molecule is O=C(Cc1ccc(Cl)cc1)N1CCN(C(=O)C(c2ccccc2)c2ccccc2)CC1. The molecule has 0 aromatic heterocycles. The Balaban J connectivity index is 1.42. The molecule has 0 atom stereocenters. The summed E-state index contributed by atoms with van der Waals surface area (Å²) >= 11 is 5.92. The highest BCUT2D eigenvalue weighted by Crippen LogP contribution is 2.27. The van der Waals surface area contributed by atoms with Crippen molar-refractivity contribution in [1.82, 2.24) is 9.80 Å². The minimum atomic E-state index is -0.335. The number of rotatable bonds is 5. The lowest BCUT2D eigenvalue weighted by atomic mass is 9.90. The van der Waals surface area contributed by atoms with Crippen LogP contribution in [-0.2, 0) is 16.0 Å². The van der Waals surface area contributed by atoms with Crippen LogP contribution in [0.1, 0.15) is 22.6 Å². The van der Waals surface area contributed by atoms with Crippen molar-refractivity contribution in [3.05, 3.63) is 107 Å². The molecule has 0 saturated carbocycles. The number of amides is 2. The van der Waals surface area contributed by atoms with E-state index < -0.39 is 0 Å². The van der Waals surface area contributed by atoms with Crippen LogP contribution < -0.4 is 0 Å². The van der Waals surface area contributed by atoms with E-state index in [1.165, 1.54) is 0 Å². The summed E-state index contributed by atoms with van der Waals surface area (Å²) in [6, 6.07) is 27.1. The number of benzene rings is 3. The first-order valence-electron chi connectivity index (χ1n) is 10.5. The molecule has 0 unspecified atom stereocenters. The topological polar surface area (TPSA) is 40.6 Å². The van der Waals surface area contributed by atoms with E-state index in [4.69, 9.17) is 11.6 Å². The minimum Gasteiger partial charge on any atom is -0.339 e. The zero-order chi connectivity index (χ0) is 21.6. The zero-order valence-electron chi connectivity index (χ0n) is 17.3. The van der Waals surface area contributed by atoms with E-state index in [9.17, 15) is 9.59 Å². The van der Waals surface area contributed by atoms with Gasteiger partial charge in [0.15, 0.2) is 0 Å². The second-order valence-electron chi connectivity index (χ2n) is 7.76. The second kappa shape index (κ2) is 9.80. The molecule has 1 heterocycles. The lowest BCUT2D eigenvalue weighted by molar-refractivity contribution is -0.139. The number of halogens is 1. The summed E-state index contributed by atoms with van der Waals surface area (Å²) in [4.78, 5) is 29.9. The average molecular weight is 433 g/mol. The third-order valence-corrected chi connectivity index (χ3v) is 5.98. The van der Waals surface area contributed by atoms with Crippen molar-refractivity contribution in [2.24, 2.45) is 0 Å². The highest BCUT2D eigenvalue weighted by atomic mass is 35.5. The van der Waals surface area contributed by atoms with Crippen molar-refractivity contribution in [3.63, 3.8) is 0 Å². The predicted molar refractivity (Wildman–Crippen MR) is 123 cm³/mol. The van der Waals surface area contributed by atoms with Crippen LogP contribution in [0.2, 0.25) is 5.02 Å². The van der Waals surface area contributed by atoms with Gasteiger partial charge in [-0.05, 0) is 28.8 Å². The van der Waals surface area contributed by atoms with Gasteiger partial charge in [0.25, 0.3) is 0 Å². The largest absolute Gasteiger partial charge is 0.339 e. The summed E-state index contributed by atoms with van der Waals surface area (Å²) in [6.45, 7) is 2.19. The van der Waals surface area contributed by atoms with Gasteiger partial charge in [-0.25, -0.2) is 0 Å². The number of hydrogen-bond donors (Lipinski definition) is 0. The van der Waals surface area contributed by atoms with Crippen LogP contribution in [-0.4, -0.2) is 47.8 Å². The van der Waals surface area contributed by atoms with Crippen LogP contribution in [0.15, 0.2) is 84.9 Å². The van der Waals surface area contributed by atoms with Crippen molar-refractivity contribution < 1.29 is 9.59 Å². The summed E-state index contributed by atoms with van der Waals surface area (Å²) in [5.74, 6) is -0.169. The molecule has 0 N–H and O–H groups in total. The fourth-order valence-electron chi connectivity index (χ4n) is 4.02. The van der Waals surface area contributed by atoms with Crippen molar-refractivity contribution in [2.45, 2.75) is 12.3 Å². The van der Waals surface area contributed by atoms with Crippen LogP contribution in [0.25, 0.3) is 0 Å². The number of carbonyl (C=O) groups excluding carboxylic acids is 2. The maximum absolute atomic E-state index is 13.5. The molecular weight excluding hydrogens is 408 g/mol. The van der Waals surface area contributed by atoms with E-state index in [0.29, 0.717) is 37.6 Å². The van der Waals surface area contributed by atoms with Crippen molar-refractivity contribution in [1.29, 1.82) is 0 Å². The number of nitrogens with zero attached hydrogens (tertiary/aromatic N) is 2. The Bertz CT molecular complexity index is 975. The molecule has 3 aromatic carbocycles. The van der Waals surface area contributed by atoms with Crippen LogP contribution in [0.3, 0.4) is 0 Å². The highest BCUT2D eigenvalue weighted by Gasteiger charge is 2.30. The number of carbonyl (C=O) groups is 2. The summed E-state index contributed by atoms with van der Waals surface area (Å²) in [6.07, 6.45) is 0.349. The summed E-state index contributed by atoms with van der Waals surface area (Å²) in [5.41, 5.74) is 2.92. The highest BCUT2D eigenvalue weighted by molar-refractivity contribution is 6.30. The van der Waals surface area contributed by atoms with Crippen molar-refractivity contribution >= 4 is 23.4 Å². The van der Waals surface area contributed by atoms with E-state index in [-0.39, 0.29) is 17.7 Å². The molecule has 0 radical (unpaired) electrons. The molecule has 1 aliphatic rings. The molecule has 5 heteroatoms. The number of piperazine rings is 1. The first-order chi connectivity index (χ1) is 15.1. The Morgan fingerprint density at radius 1 is 0.710 bits per heavy atom. The molecule has 3 aromatic rings. The molecule has 1 saturated heterocycles. The third-order valence-electron chi connectivity index (χ3n) is 5.73. The van der Waals surface area contributed by atoms with Crippen molar-refractivity contribution in [3.8, 4) is 0 Å². The molecule has 4 rings (SSSR count). The standard InChI is InChI=1S/C26H25ClN2O2/c27-23-13-11-20(12-14-23)19-24(30)28-15-17-29(18-16-28)26(31)25(21-7-3-1-4-8-21)22-9-5-2-6-10-22/h1-14,25H,15-19H2. The summed E-state index contributed by atoms with van der Waals surface area (Å²) in [5, 5.41) is 0.662. The van der Waals surface area contributed by atoms with Gasteiger partial charge >= 0.3 is 0 Å². The van der Waals surface area contributed by atoms with Gasteiger partial charge < -0.3 is 9.80 Å². The Morgan fingerprint density at radius 3 is 1.71 bits per heavy atom. The third kappa shape index (κ3) is 5.15. The van der Waals surface area contributed by atoms with Gasteiger partial charge in [0, 0.05) is 31.2 Å². The van der Waals surface area contributed by atoms with E-state index >= 15 is 0 Å². The van der Waals surface area contributed by atoms with Gasteiger partial charge in [0.05, 0.1) is 12.3 Å². The molecule has 0 spiro atoms. The van der Waals surface area contributed by atoms with Gasteiger partial charge in [-0.15, -0.1) is 0 Å². The zero-order valence-corrected chi connectivity index (χ0v) is 18.0. The first kappa shape index (κ1) is 21.1. The molecule has 1 fully saturated rings. The molecule has 158 valence electrons. The van der Waals surface area contributed by atoms with E-state index in [1.807, 2.05) is 82.6 Å². The minimum absolute atomic E-state index is 0.0806. The summed E-state index contributed by atoms with van der Waals surface area (Å²) < 4.78 is 0. The van der Waals surface area contributed by atoms with E-state index in [2.05, 4.69) is 0 Å². The smallest absolute Gasteiger partial charge is 0.234 e. The van der Waals surface area contributed by atoms with Gasteiger partial charge in [-0.3, -0.25) is 9.59 Å². The van der Waals surface area contributed by atoms with E-state index in [1.54, 1.807) is 12.1 Å². The van der Waals surface area contributed by atoms with Gasteiger partial charge in [-0.1, -0.05) is 84.4 Å². The molecule has 4 nitrogen and oxygen atoms in total. The summed E-state index contributed by atoms with van der Waals surface area (Å²) in [7, 11) is 0. The quantitative estimate of drug-likeness (QED) is 0.600. The lowest BCUT2D eigenvalue weighted by Gasteiger charge is -2.36. The second-order valence-corrected chi connectivity index (χ2v) is 8.20. The van der Waals surface area contributed by atoms with E-state index in [0.717, 1.165) is 16.7 Å². The Hall–Kier alpha value is -3.11. The van der Waals surface area contributed by atoms with Gasteiger partial charge in [-0.2, -0.15) is 0 Å². The molecule has 0 bridgehead atoms. The first-order valence-corrected chi connectivity index (χ1v) is 10.9. The molecule has 0 aliphatic carbocycles. The van der Waals surface area contributed by atoms with Crippen molar-refractivity contribution in [2.75, 3.05) is 26.2 Å². The number of hydrogen-bond acceptors (Lipinski definition) is 2. The maximum Gasteiger partial charge on any atom is 0.234 e. The normalized spacial score (nSPS) is 14.0. The monoisotopic (exact) mass is 432 g/mol. The van der Waals surface area contributed by atoms with Crippen LogP contribution in [0, 0.1) is 0 Å². The lowest BCUT2D eigenvalue weighted by Crippen LogP contribution is -2.52. The van der Waals surface area contributed by atoms with Gasteiger partial charge in [0.1, 0.15) is 0 Å². The molecular formula is C26H25ClN2O2. The fraction of sp³-hybridized carbons (Fsp3) is 0.231. The Morgan fingerprint density at radius 2 is 1.19 bits per heavy atom. The molecule has 31 heavy (non-hydrogen) atoms. The van der Waals surface area contributed by atoms with Crippen LogP contribution in [0.4, 0.5) is 0 Å². The Kier molecular flexibility index (Phi) is 6.68.